The summed E-state index contributed by atoms with van der Waals surface area (Å²) in [7, 11) is 1.64. The quantitative estimate of drug-likeness (QED) is 0.692. The molecular formula is C17H16N2O2S. The number of imidazole rings is 1. The molecule has 0 atom stereocenters. The van der Waals surface area contributed by atoms with Crippen molar-refractivity contribution < 1.29 is 9.53 Å². The first kappa shape index (κ1) is 13.5. The minimum atomic E-state index is 0.666. The van der Waals surface area contributed by atoms with Crippen molar-refractivity contribution in [2.45, 2.75) is 25.7 Å². The largest absolute Gasteiger partial charge is 0.497 e. The van der Waals surface area contributed by atoms with Crippen LogP contribution in [0.5, 0.6) is 5.75 Å². The predicted molar refractivity (Wildman–Crippen MR) is 87.1 cm³/mol. The molecule has 0 unspecified atom stereocenters. The Hall–Kier alpha value is -2.14. The number of nitrogens with zero attached hydrogens (tertiary/aromatic N) is 2. The number of hydrogen-bond acceptors (Lipinski definition) is 4. The summed E-state index contributed by atoms with van der Waals surface area (Å²) in [5.41, 5.74) is 3.65. The number of methoxy groups -OCH3 is 1. The van der Waals surface area contributed by atoms with Crippen LogP contribution in [0.3, 0.4) is 0 Å². The first-order chi connectivity index (χ1) is 10.8. The molecule has 0 spiro atoms. The lowest BCUT2D eigenvalue weighted by Crippen LogP contribution is -2.04. The number of ether oxygens (including phenoxy) is 1. The molecule has 4 nitrogen and oxygen atoms in total. The maximum absolute atomic E-state index is 11.7. The van der Waals surface area contributed by atoms with E-state index in [0.717, 1.165) is 41.1 Å². The van der Waals surface area contributed by atoms with Crippen LogP contribution in [0.25, 0.3) is 16.2 Å². The summed E-state index contributed by atoms with van der Waals surface area (Å²) in [6.07, 6.45) is 5.50. The first-order valence-corrected chi connectivity index (χ1v) is 8.26. The maximum atomic E-state index is 11.7. The number of fused-ring (bicyclic) bond motifs is 3. The molecule has 112 valence electrons. The predicted octanol–water partition coefficient (Wildman–Crippen LogP) is 3.76. The van der Waals surface area contributed by atoms with Crippen LogP contribution in [0.2, 0.25) is 0 Å². The van der Waals surface area contributed by atoms with Gasteiger partial charge in [0, 0.05) is 16.1 Å². The van der Waals surface area contributed by atoms with E-state index in [1.165, 1.54) is 23.4 Å². The lowest BCUT2D eigenvalue weighted by molar-refractivity contribution is 0.111. The third-order valence-electron chi connectivity index (χ3n) is 4.23. The van der Waals surface area contributed by atoms with Crippen LogP contribution in [0.1, 0.15) is 33.9 Å². The van der Waals surface area contributed by atoms with Crippen molar-refractivity contribution in [2.75, 3.05) is 7.11 Å². The van der Waals surface area contributed by atoms with E-state index >= 15 is 0 Å². The molecule has 0 saturated heterocycles. The molecule has 22 heavy (non-hydrogen) atoms. The summed E-state index contributed by atoms with van der Waals surface area (Å²) < 4.78 is 7.25. The number of hydrogen-bond donors (Lipinski definition) is 0. The molecule has 4 rings (SSSR count). The van der Waals surface area contributed by atoms with E-state index in [-0.39, 0.29) is 0 Å². The SMILES string of the molecule is COc1ccc(-c2nc3sc4c(n3c2C=O)CCCC4)cc1. The summed E-state index contributed by atoms with van der Waals surface area (Å²) in [5, 5.41) is 0. The summed E-state index contributed by atoms with van der Waals surface area (Å²) in [5.74, 6) is 0.801. The summed E-state index contributed by atoms with van der Waals surface area (Å²) in [4.78, 5) is 18.7. The van der Waals surface area contributed by atoms with E-state index in [1.54, 1.807) is 18.4 Å². The number of rotatable bonds is 3. The Morgan fingerprint density at radius 1 is 1.23 bits per heavy atom. The van der Waals surface area contributed by atoms with Crippen molar-refractivity contribution in [1.29, 1.82) is 0 Å². The van der Waals surface area contributed by atoms with Crippen molar-refractivity contribution >= 4 is 22.6 Å². The molecule has 1 aliphatic rings. The third kappa shape index (κ3) is 1.96. The number of benzene rings is 1. The van der Waals surface area contributed by atoms with Crippen LogP contribution < -0.4 is 4.74 Å². The second-order valence-electron chi connectivity index (χ2n) is 5.49. The van der Waals surface area contributed by atoms with Crippen molar-refractivity contribution in [3.8, 4) is 17.0 Å². The minimum Gasteiger partial charge on any atom is -0.497 e. The molecule has 0 saturated carbocycles. The highest BCUT2D eigenvalue weighted by atomic mass is 32.1. The zero-order valence-corrected chi connectivity index (χ0v) is 13.2. The average Bonchev–Trinajstić information content (AvgIpc) is 3.10. The van der Waals surface area contributed by atoms with E-state index in [9.17, 15) is 4.79 Å². The highest BCUT2D eigenvalue weighted by Crippen LogP contribution is 2.34. The molecule has 0 fully saturated rings. The first-order valence-electron chi connectivity index (χ1n) is 7.44. The minimum absolute atomic E-state index is 0.666. The van der Waals surface area contributed by atoms with Crippen molar-refractivity contribution in [1.82, 2.24) is 9.38 Å². The number of thiazole rings is 1. The molecule has 1 aromatic carbocycles. The smallest absolute Gasteiger partial charge is 0.195 e. The lowest BCUT2D eigenvalue weighted by Gasteiger charge is -2.11. The Morgan fingerprint density at radius 3 is 2.73 bits per heavy atom. The summed E-state index contributed by atoms with van der Waals surface area (Å²) >= 11 is 1.72. The highest BCUT2D eigenvalue weighted by Gasteiger charge is 2.22. The Balaban J connectivity index is 1.90. The van der Waals surface area contributed by atoms with Gasteiger partial charge in [0.05, 0.1) is 7.11 Å². The summed E-state index contributed by atoms with van der Waals surface area (Å²) in [6, 6.07) is 7.69. The fraction of sp³-hybridized carbons (Fsp3) is 0.294. The molecular weight excluding hydrogens is 296 g/mol. The Labute approximate surface area is 132 Å². The molecule has 0 bridgehead atoms. The third-order valence-corrected chi connectivity index (χ3v) is 5.37. The van der Waals surface area contributed by atoms with Crippen molar-refractivity contribution in [2.24, 2.45) is 0 Å². The zero-order valence-electron chi connectivity index (χ0n) is 12.3. The molecule has 5 heteroatoms. The number of aromatic nitrogens is 2. The van der Waals surface area contributed by atoms with E-state index in [0.29, 0.717) is 5.69 Å². The molecule has 0 amide bonds. The molecule has 2 heterocycles. The van der Waals surface area contributed by atoms with Gasteiger partial charge in [-0.05, 0) is 49.9 Å². The van der Waals surface area contributed by atoms with Crippen LogP contribution in [0.15, 0.2) is 24.3 Å². The molecule has 3 aromatic rings. The fourth-order valence-corrected chi connectivity index (χ4v) is 4.34. The van der Waals surface area contributed by atoms with Gasteiger partial charge in [0.15, 0.2) is 11.2 Å². The van der Waals surface area contributed by atoms with Gasteiger partial charge in [0.1, 0.15) is 17.1 Å². The Bertz CT molecular complexity index is 846. The second-order valence-corrected chi connectivity index (χ2v) is 6.55. The lowest BCUT2D eigenvalue weighted by atomic mass is 10.0. The van der Waals surface area contributed by atoms with Gasteiger partial charge in [-0.3, -0.25) is 9.20 Å². The van der Waals surface area contributed by atoms with Crippen molar-refractivity contribution in [3.63, 3.8) is 0 Å². The van der Waals surface area contributed by atoms with E-state index < -0.39 is 0 Å². The molecule has 0 N–H and O–H groups in total. The van der Waals surface area contributed by atoms with Gasteiger partial charge in [0.2, 0.25) is 0 Å². The number of carbonyl (C=O) groups is 1. The van der Waals surface area contributed by atoms with E-state index in [2.05, 4.69) is 4.40 Å². The van der Waals surface area contributed by atoms with Crippen LogP contribution >= 0.6 is 11.3 Å². The van der Waals surface area contributed by atoms with Crippen LogP contribution in [-0.4, -0.2) is 22.8 Å². The van der Waals surface area contributed by atoms with Gasteiger partial charge in [0.25, 0.3) is 0 Å². The monoisotopic (exact) mass is 312 g/mol. The number of carbonyl (C=O) groups excluding carboxylic acids is 1. The number of aryl methyl sites for hydroxylation is 2. The van der Waals surface area contributed by atoms with Gasteiger partial charge < -0.3 is 4.74 Å². The van der Waals surface area contributed by atoms with Crippen molar-refractivity contribution in [3.05, 3.63) is 40.5 Å². The van der Waals surface area contributed by atoms with Gasteiger partial charge in [-0.15, -0.1) is 11.3 Å². The topological polar surface area (TPSA) is 43.6 Å². The average molecular weight is 312 g/mol. The zero-order chi connectivity index (χ0) is 15.1. The van der Waals surface area contributed by atoms with E-state index in [1.807, 2.05) is 24.3 Å². The van der Waals surface area contributed by atoms with Crippen LogP contribution in [-0.2, 0) is 12.8 Å². The molecule has 0 radical (unpaired) electrons. The van der Waals surface area contributed by atoms with Gasteiger partial charge in [-0.1, -0.05) is 0 Å². The number of aldehydes is 1. The normalized spacial score (nSPS) is 14.0. The standard InChI is InChI=1S/C17H16N2O2S/c1-21-12-8-6-11(7-9-12)16-14(10-20)19-13-4-2-3-5-15(13)22-17(19)18-16/h6-10H,2-5H2,1H3. The van der Waals surface area contributed by atoms with Gasteiger partial charge in [-0.2, -0.15) is 0 Å². The van der Waals surface area contributed by atoms with Crippen LogP contribution in [0, 0.1) is 0 Å². The fourth-order valence-electron chi connectivity index (χ4n) is 3.13. The highest BCUT2D eigenvalue weighted by molar-refractivity contribution is 7.17. The summed E-state index contributed by atoms with van der Waals surface area (Å²) in [6.45, 7) is 0. The molecule has 1 aliphatic carbocycles. The van der Waals surface area contributed by atoms with Gasteiger partial charge >= 0.3 is 0 Å². The molecule has 2 aromatic heterocycles. The Kier molecular flexibility index (Phi) is 3.22. The van der Waals surface area contributed by atoms with Gasteiger partial charge in [-0.25, -0.2) is 4.98 Å². The Morgan fingerprint density at radius 2 is 2.00 bits per heavy atom. The molecule has 0 aliphatic heterocycles. The maximum Gasteiger partial charge on any atom is 0.195 e. The van der Waals surface area contributed by atoms with E-state index in [4.69, 9.17) is 9.72 Å². The van der Waals surface area contributed by atoms with Crippen LogP contribution in [0.4, 0.5) is 0 Å². The second kappa shape index (κ2) is 5.25.